The van der Waals surface area contributed by atoms with Crippen LogP contribution < -0.4 is 5.32 Å². The van der Waals surface area contributed by atoms with E-state index in [1.807, 2.05) is 0 Å². The lowest BCUT2D eigenvalue weighted by Gasteiger charge is -2.32. The number of rotatable bonds is 2. The molecule has 2 atom stereocenters. The van der Waals surface area contributed by atoms with E-state index in [2.05, 4.69) is 46.6 Å². The Labute approximate surface area is 120 Å². The minimum absolute atomic E-state index is 0. The van der Waals surface area contributed by atoms with Gasteiger partial charge < -0.3 is 5.32 Å². The topological polar surface area (TPSA) is 39.1 Å². The fraction of sp³-hybridized carbons (Fsp3) is 0.400. The molecule has 0 aliphatic carbocycles. The molecular formula is C15H18ClN3. The second kappa shape index (κ2) is 6.21. The van der Waals surface area contributed by atoms with Gasteiger partial charge in [0.15, 0.2) is 0 Å². The molecule has 0 amide bonds. The van der Waals surface area contributed by atoms with Gasteiger partial charge in [0.25, 0.3) is 0 Å². The van der Waals surface area contributed by atoms with Crippen LogP contribution in [0.25, 0.3) is 0 Å². The Morgan fingerprint density at radius 2 is 2.11 bits per heavy atom. The van der Waals surface area contributed by atoms with Crippen molar-refractivity contribution >= 4 is 12.4 Å². The summed E-state index contributed by atoms with van der Waals surface area (Å²) in [5, 5.41) is 12.4. The van der Waals surface area contributed by atoms with E-state index in [1.165, 1.54) is 11.1 Å². The molecule has 1 N–H and O–H groups in total. The monoisotopic (exact) mass is 275 g/mol. The van der Waals surface area contributed by atoms with Crippen molar-refractivity contribution in [2.75, 3.05) is 13.1 Å². The van der Waals surface area contributed by atoms with Crippen LogP contribution in [-0.4, -0.2) is 30.1 Å². The van der Waals surface area contributed by atoms with Gasteiger partial charge in [0.2, 0.25) is 0 Å². The van der Waals surface area contributed by atoms with Gasteiger partial charge in [-0.3, -0.25) is 4.90 Å². The molecule has 2 aliphatic heterocycles. The second-order valence-corrected chi connectivity index (χ2v) is 5.15. The van der Waals surface area contributed by atoms with E-state index >= 15 is 0 Å². The second-order valence-electron chi connectivity index (χ2n) is 5.15. The Morgan fingerprint density at radius 3 is 2.84 bits per heavy atom. The number of nitrogens with one attached hydrogen (secondary N) is 1. The van der Waals surface area contributed by atoms with Crippen molar-refractivity contribution < 1.29 is 0 Å². The average molecular weight is 276 g/mol. The molecule has 3 rings (SSSR count). The Balaban J connectivity index is 0.00000133. The van der Waals surface area contributed by atoms with Crippen LogP contribution in [-0.2, 0) is 6.54 Å². The van der Waals surface area contributed by atoms with Crippen LogP contribution in [0.15, 0.2) is 42.0 Å². The van der Waals surface area contributed by atoms with Gasteiger partial charge in [-0.1, -0.05) is 30.3 Å². The number of likely N-dealkylation sites (tertiary alicyclic amines) is 1. The molecule has 0 radical (unpaired) electrons. The maximum Gasteiger partial charge on any atom is 0.0912 e. The molecule has 3 nitrogen and oxygen atoms in total. The number of nitriles is 1. The number of benzene rings is 1. The zero-order valence-electron chi connectivity index (χ0n) is 10.7. The fourth-order valence-electron chi connectivity index (χ4n) is 3.02. The smallest absolute Gasteiger partial charge is 0.0912 e. The highest BCUT2D eigenvalue weighted by Crippen LogP contribution is 2.26. The molecule has 4 heteroatoms. The number of nitrogens with zero attached hydrogens (tertiary/aromatic N) is 2. The van der Waals surface area contributed by atoms with Gasteiger partial charge in [-0.05, 0) is 17.6 Å². The predicted octanol–water partition coefficient (Wildman–Crippen LogP) is 2.10. The normalized spacial score (nSPS) is 27.8. The molecule has 0 spiro atoms. The van der Waals surface area contributed by atoms with E-state index < -0.39 is 0 Å². The minimum Gasteiger partial charge on any atom is -0.305 e. The summed E-state index contributed by atoms with van der Waals surface area (Å²) in [6.07, 6.45) is 2.76. The predicted molar refractivity (Wildman–Crippen MR) is 78.0 cm³/mol. The van der Waals surface area contributed by atoms with Crippen LogP contribution in [0.2, 0.25) is 0 Å². The zero-order chi connectivity index (χ0) is 12.4. The minimum atomic E-state index is 0. The average Bonchev–Trinajstić information content (AvgIpc) is 2.66. The molecule has 2 bridgehead atoms. The molecule has 2 fully saturated rings. The number of allylic oxidation sites excluding steroid dienone is 1. The Hall–Kier alpha value is -1.34. The molecule has 2 saturated heterocycles. The van der Waals surface area contributed by atoms with Crippen molar-refractivity contribution in [3.05, 3.63) is 47.5 Å². The standard InChI is InChI=1S/C15H17N3.ClH/c16-7-6-13-8-14-10-18(11-15(13)17-14)9-12-4-2-1-3-5-12;/h1-6,14-15,17H,8-11H2;1H/t14-,15-;/m1./s1. The van der Waals surface area contributed by atoms with Crippen molar-refractivity contribution in [1.29, 1.82) is 5.26 Å². The summed E-state index contributed by atoms with van der Waals surface area (Å²) < 4.78 is 0. The summed E-state index contributed by atoms with van der Waals surface area (Å²) in [4.78, 5) is 2.49. The largest absolute Gasteiger partial charge is 0.305 e. The van der Waals surface area contributed by atoms with Gasteiger partial charge in [-0.15, -0.1) is 12.4 Å². The van der Waals surface area contributed by atoms with Crippen LogP contribution in [0.5, 0.6) is 0 Å². The SMILES string of the molecule is Cl.N#CC=C1C[C@@H]2CN(Cc3ccccc3)C[C@H]1N2. The van der Waals surface area contributed by atoms with E-state index in [-0.39, 0.29) is 12.4 Å². The highest BCUT2D eigenvalue weighted by Gasteiger charge is 2.35. The molecule has 0 saturated carbocycles. The molecule has 100 valence electrons. The molecular weight excluding hydrogens is 258 g/mol. The third-order valence-electron chi connectivity index (χ3n) is 3.78. The van der Waals surface area contributed by atoms with E-state index in [9.17, 15) is 0 Å². The lowest BCUT2D eigenvalue weighted by molar-refractivity contribution is 0.192. The van der Waals surface area contributed by atoms with Crippen molar-refractivity contribution in [2.24, 2.45) is 0 Å². The summed E-state index contributed by atoms with van der Waals surface area (Å²) in [7, 11) is 0. The third kappa shape index (κ3) is 3.16. The first-order valence-corrected chi connectivity index (χ1v) is 6.46. The van der Waals surface area contributed by atoms with Crippen molar-refractivity contribution in [3.63, 3.8) is 0 Å². The van der Waals surface area contributed by atoms with E-state index in [1.54, 1.807) is 6.08 Å². The van der Waals surface area contributed by atoms with Crippen molar-refractivity contribution in [3.8, 4) is 6.07 Å². The van der Waals surface area contributed by atoms with Crippen LogP contribution in [0.4, 0.5) is 0 Å². The van der Waals surface area contributed by atoms with Crippen molar-refractivity contribution in [2.45, 2.75) is 25.0 Å². The van der Waals surface area contributed by atoms with Crippen molar-refractivity contribution in [1.82, 2.24) is 10.2 Å². The number of hydrogen-bond acceptors (Lipinski definition) is 3. The molecule has 1 aromatic rings. The number of hydrogen-bond donors (Lipinski definition) is 1. The Bertz CT molecular complexity index is 492. The molecule has 19 heavy (non-hydrogen) atoms. The highest BCUT2D eigenvalue weighted by atomic mass is 35.5. The summed E-state index contributed by atoms with van der Waals surface area (Å²) >= 11 is 0. The van der Waals surface area contributed by atoms with Gasteiger partial charge in [0.05, 0.1) is 6.07 Å². The van der Waals surface area contributed by atoms with E-state index in [4.69, 9.17) is 5.26 Å². The van der Waals surface area contributed by atoms with Gasteiger partial charge in [0.1, 0.15) is 0 Å². The molecule has 1 aromatic carbocycles. The van der Waals surface area contributed by atoms with Gasteiger partial charge in [-0.2, -0.15) is 5.26 Å². The molecule has 0 unspecified atom stereocenters. The summed E-state index contributed by atoms with van der Waals surface area (Å²) in [6, 6.07) is 13.7. The quantitative estimate of drug-likeness (QED) is 0.840. The van der Waals surface area contributed by atoms with E-state index in [0.29, 0.717) is 12.1 Å². The van der Waals surface area contributed by atoms with Gasteiger partial charge >= 0.3 is 0 Å². The maximum atomic E-state index is 8.78. The number of halogens is 1. The number of fused-ring (bicyclic) bond motifs is 2. The lowest BCUT2D eigenvalue weighted by Crippen LogP contribution is -2.50. The summed E-state index contributed by atoms with van der Waals surface area (Å²) in [5.74, 6) is 0. The molecule has 2 aliphatic rings. The lowest BCUT2D eigenvalue weighted by atomic mass is 10.1. The van der Waals surface area contributed by atoms with Crippen LogP contribution in [0.3, 0.4) is 0 Å². The Kier molecular flexibility index (Phi) is 4.60. The van der Waals surface area contributed by atoms with E-state index in [0.717, 1.165) is 26.1 Å². The first-order chi connectivity index (χ1) is 8.85. The highest BCUT2D eigenvalue weighted by molar-refractivity contribution is 5.85. The van der Waals surface area contributed by atoms with Crippen LogP contribution in [0, 0.1) is 11.3 Å². The molecule has 0 aromatic heterocycles. The third-order valence-corrected chi connectivity index (χ3v) is 3.78. The van der Waals surface area contributed by atoms with Crippen LogP contribution >= 0.6 is 12.4 Å². The zero-order valence-corrected chi connectivity index (χ0v) is 11.6. The maximum absolute atomic E-state index is 8.78. The summed E-state index contributed by atoms with van der Waals surface area (Å²) in [6.45, 7) is 3.10. The first-order valence-electron chi connectivity index (χ1n) is 6.46. The number of piperazine rings is 1. The van der Waals surface area contributed by atoms with Gasteiger partial charge in [-0.25, -0.2) is 0 Å². The van der Waals surface area contributed by atoms with Crippen LogP contribution in [0.1, 0.15) is 12.0 Å². The molecule has 2 heterocycles. The van der Waals surface area contributed by atoms with Gasteiger partial charge in [0, 0.05) is 37.8 Å². The fourth-order valence-corrected chi connectivity index (χ4v) is 3.02. The first kappa shape index (κ1) is 14.1. The Morgan fingerprint density at radius 1 is 1.32 bits per heavy atom. The summed E-state index contributed by atoms with van der Waals surface area (Å²) in [5.41, 5.74) is 2.64.